The lowest BCUT2D eigenvalue weighted by molar-refractivity contribution is 0.768. The maximum atomic E-state index is 2.54. The maximum absolute atomic E-state index is 2.54. The molecule has 0 amide bonds. The van der Waals surface area contributed by atoms with Crippen LogP contribution in [0, 0.1) is 0 Å². The van der Waals surface area contributed by atoms with Crippen molar-refractivity contribution in [3.8, 4) is 111 Å². The molecule has 138 heavy (non-hydrogen) atoms. The highest BCUT2D eigenvalue weighted by Crippen LogP contribution is 2.68. The molecule has 2 nitrogen and oxygen atoms in total. The number of fused-ring (bicyclic) bond motifs is 26. The van der Waals surface area contributed by atoms with E-state index in [1.165, 1.54) is 178 Å². The van der Waals surface area contributed by atoms with E-state index in [-0.39, 0.29) is 0 Å². The van der Waals surface area contributed by atoms with Gasteiger partial charge in [-0.2, -0.15) is 0 Å². The Morgan fingerprint density at radius 1 is 0.109 bits per heavy atom. The standard InChI is InChI=1S/2C68H45N/c1-4-21-46(22-5-1)47-23-20-24-48(43-47)53-29-14-19-38-66(53)69(51-39-41-58-56-32-10-15-34-60(56)67(64(58)44-51,49-25-6-2-7-26-49)50-27-8-3-9-28-50)52-40-42-59-57-33-13-18-37-63(57)68(65(59)45-52)61-35-16-11-30-54(61)55-31-12-17-36-62(55)68;1-4-20-46(21-5-1)47-36-38-48(39-37-47)53-26-14-19-35-66(53)69(51-40-42-58-56-29-10-15-31-60(56)67(64(58)44-51,49-22-6-2-7-23-49)50-24-8-3-9-25-50)52-41-43-59-57-30-13-18-34-63(57)68(65(59)45-52)61-32-16-11-27-54(61)55-28-12-17-33-62(55)68/h2*1-45H. The van der Waals surface area contributed by atoms with Crippen molar-refractivity contribution in [1.82, 2.24) is 0 Å². The minimum absolute atomic E-state index is 0.483. The zero-order valence-electron chi connectivity index (χ0n) is 75.9. The van der Waals surface area contributed by atoms with Gasteiger partial charge in [0.2, 0.25) is 0 Å². The second-order valence-corrected chi connectivity index (χ2v) is 37.3. The molecule has 0 heterocycles. The first kappa shape index (κ1) is 80.1. The summed E-state index contributed by atoms with van der Waals surface area (Å²) in [5.74, 6) is 0. The van der Waals surface area contributed by atoms with Gasteiger partial charge in [-0.25, -0.2) is 0 Å². The minimum atomic E-state index is -0.555. The Morgan fingerprint density at radius 3 is 0.601 bits per heavy atom. The quantitative estimate of drug-likeness (QED) is 0.107. The van der Waals surface area contributed by atoms with Gasteiger partial charge in [-0.05, 0) is 256 Å². The number of hydrogen-bond acceptors (Lipinski definition) is 2. The molecule has 22 aromatic rings. The smallest absolute Gasteiger partial charge is 0.0726 e. The highest BCUT2D eigenvalue weighted by molar-refractivity contribution is 6.02. The molecular weight excluding hydrogens is 1660 g/mol. The molecule has 2 heteroatoms. The molecule has 0 radical (unpaired) electrons. The first-order chi connectivity index (χ1) is 68.5. The molecule has 0 unspecified atom stereocenters. The Bertz CT molecular complexity index is 8160. The van der Waals surface area contributed by atoms with E-state index in [2.05, 4.69) is 556 Å². The van der Waals surface area contributed by atoms with Crippen LogP contribution >= 0.6 is 0 Å². The van der Waals surface area contributed by atoms with E-state index in [1.807, 2.05) is 0 Å². The van der Waals surface area contributed by atoms with Crippen molar-refractivity contribution < 1.29 is 0 Å². The van der Waals surface area contributed by atoms with Crippen molar-refractivity contribution in [2.75, 3.05) is 9.80 Å². The van der Waals surface area contributed by atoms with Crippen LogP contribution in [0.5, 0.6) is 0 Å². The lowest BCUT2D eigenvalue weighted by Crippen LogP contribution is -2.28. The third kappa shape index (κ3) is 11.8. The van der Waals surface area contributed by atoms with Gasteiger partial charge >= 0.3 is 0 Å². The highest BCUT2D eigenvalue weighted by atomic mass is 15.2. The minimum Gasteiger partial charge on any atom is -0.310 e. The van der Waals surface area contributed by atoms with Crippen molar-refractivity contribution in [1.29, 1.82) is 0 Å². The molecule has 0 atom stereocenters. The monoisotopic (exact) mass is 1750 g/mol. The Labute approximate surface area is 806 Å². The molecule has 0 bridgehead atoms. The fraction of sp³-hybridized carbons (Fsp3) is 0.0294. The summed E-state index contributed by atoms with van der Waals surface area (Å²) < 4.78 is 0. The Balaban J connectivity index is 0.000000139. The van der Waals surface area contributed by atoms with Crippen LogP contribution in [-0.4, -0.2) is 0 Å². The fourth-order valence-corrected chi connectivity index (χ4v) is 25.2. The summed E-state index contributed by atoms with van der Waals surface area (Å²) in [6, 6.07) is 204. The van der Waals surface area contributed by atoms with Crippen LogP contribution < -0.4 is 9.80 Å². The van der Waals surface area contributed by atoms with Crippen LogP contribution in [0.15, 0.2) is 546 Å². The molecule has 6 aliphatic rings. The average Bonchev–Trinajstić information content (AvgIpc) is 1.51. The summed E-state index contributed by atoms with van der Waals surface area (Å²) in [5.41, 5.74) is 50.2. The third-order valence-electron chi connectivity index (χ3n) is 30.8. The van der Waals surface area contributed by atoms with Crippen LogP contribution in [0.2, 0.25) is 0 Å². The molecule has 0 saturated heterocycles. The van der Waals surface area contributed by atoms with Crippen molar-refractivity contribution in [2.45, 2.75) is 21.7 Å². The van der Waals surface area contributed by atoms with Gasteiger partial charge in [0.1, 0.15) is 0 Å². The van der Waals surface area contributed by atoms with E-state index in [0.29, 0.717) is 0 Å². The van der Waals surface area contributed by atoms with Gasteiger partial charge in [-0.3, -0.25) is 0 Å². The molecule has 0 N–H and O–H groups in total. The Hall–Kier alpha value is -17.6. The van der Waals surface area contributed by atoms with E-state index in [0.717, 1.165) is 56.4 Å². The van der Waals surface area contributed by atoms with E-state index in [4.69, 9.17) is 0 Å². The Morgan fingerprint density at radius 2 is 0.304 bits per heavy atom. The van der Waals surface area contributed by atoms with E-state index >= 15 is 0 Å². The lowest BCUT2D eigenvalue weighted by Gasteiger charge is -2.35. The summed E-state index contributed by atoms with van der Waals surface area (Å²) in [6.07, 6.45) is 0. The van der Waals surface area contributed by atoms with E-state index in [9.17, 15) is 0 Å². The number of para-hydroxylation sites is 2. The molecule has 0 fully saturated rings. The normalized spacial score (nSPS) is 13.7. The fourth-order valence-electron chi connectivity index (χ4n) is 25.2. The lowest BCUT2D eigenvalue weighted by atomic mass is 9.67. The maximum Gasteiger partial charge on any atom is 0.0726 e. The summed E-state index contributed by atoms with van der Waals surface area (Å²) >= 11 is 0. The van der Waals surface area contributed by atoms with E-state index in [1.54, 1.807) is 0 Å². The van der Waals surface area contributed by atoms with Gasteiger partial charge in [0, 0.05) is 33.9 Å². The summed E-state index contributed by atoms with van der Waals surface area (Å²) in [7, 11) is 0. The summed E-state index contributed by atoms with van der Waals surface area (Å²) in [5, 5.41) is 0. The zero-order valence-corrected chi connectivity index (χ0v) is 75.9. The second-order valence-electron chi connectivity index (χ2n) is 37.3. The van der Waals surface area contributed by atoms with Gasteiger partial charge in [0.15, 0.2) is 0 Å². The SMILES string of the molecule is c1ccc(-c2ccc(-c3ccccc3N(c3ccc4c(c3)C(c3ccccc3)(c3ccccc3)c3ccccc3-4)c3ccc4c(c3)C3(c5ccccc5-c5ccccc53)c3ccccc3-4)cc2)cc1.c1ccc(-c2cccc(-c3ccccc3N(c3ccc4c(c3)C(c3ccccc3)(c3ccccc3)c3ccccc3-4)c3ccc4c(c3)C3(c5ccccc5-c5ccccc53)c3ccccc3-4)c2)cc1. The first-order valence-electron chi connectivity index (χ1n) is 48.2. The van der Waals surface area contributed by atoms with Crippen molar-refractivity contribution in [3.05, 3.63) is 635 Å². The van der Waals surface area contributed by atoms with Crippen molar-refractivity contribution in [2.24, 2.45) is 0 Å². The molecule has 2 spiro atoms. The number of anilines is 6. The number of rotatable bonds is 14. The molecule has 644 valence electrons. The summed E-state index contributed by atoms with van der Waals surface area (Å²) in [6.45, 7) is 0. The first-order valence-corrected chi connectivity index (χ1v) is 48.2. The molecule has 0 aromatic heterocycles. The van der Waals surface area contributed by atoms with Crippen LogP contribution in [-0.2, 0) is 21.7 Å². The van der Waals surface area contributed by atoms with Gasteiger partial charge in [-0.15, -0.1) is 0 Å². The molecule has 0 aliphatic heterocycles. The predicted molar refractivity (Wildman–Crippen MR) is 571 cm³/mol. The number of nitrogens with zero attached hydrogens (tertiary/aromatic N) is 2. The van der Waals surface area contributed by atoms with Gasteiger partial charge in [0.25, 0.3) is 0 Å². The topological polar surface area (TPSA) is 6.48 Å². The van der Waals surface area contributed by atoms with Gasteiger partial charge in [-0.1, -0.05) is 479 Å². The van der Waals surface area contributed by atoms with Gasteiger partial charge < -0.3 is 9.80 Å². The number of benzene rings is 22. The summed E-state index contributed by atoms with van der Waals surface area (Å²) in [4.78, 5) is 5.08. The van der Waals surface area contributed by atoms with Crippen LogP contribution in [0.4, 0.5) is 34.1 Å². The molecule has 0 saturated carbocycles. The second kappa shape index (κ2) is 32.1. The third-order valence-corrected chi connectivity index (χ3v) is 30.8. The highest BCUT2D eigenvalue weighted by Gasteiger charge is 2.55. The van der Waals surface area contributed by atoms with Crippen molar-refractivity contribution >= 4 is 34.1 Å². The van der Waals surface area contributed by atoms with E-state index < -0.39 is 21.7 Å². The zero-order chi connectivity index (χ0) is 91.0. The van der Waals surface area contributed by atoms with Gasteiger partial charge in [0.05, 0.1) is 33.0 Å². The van der Waals surface area contributed by atoms with Crippen molar-refractivity contribution in [3.63, 3.8) is 0 Å². The largest absolute Gasteiger partial charge is 0.310 e. The number of hydrogen-bond donors (Lipinski definition) is 0. The van der Waals surface area contributed by atoms with Crippen LogP contribution in [0.1, 0.15) is 89.0 Å². The molecule has 6 aliphatic carbocycles. The molecular formula is C136H90N2. The van der Waals surface area contributed by atoms with Crippen LogP contribution in [0.25, 0.3) is 111 Å². The van der Waals surface area contributed by atoms with Crippen LogP contribution in [0.3, 0.4) is 0 Å². The molecule has 22 aromatic carbocycles. The predicted octanol–water partition coefficient (Wildman–Crippen LogP) is 34.4. The molecule has 28 rings (SSSR count). The average molecular weight is 1750 g/mol. The Kier molecular flexibility index (Phi) is 18.6.